The zero-order valence-corrected chi connectivity index (χ0v) is 10.3. The van der Waals surface area contributed by atoms with Crippen LogP contribution in [0.2, 0.25) is 0 Å². The SMILES string of the molecule is O=C1CCC2C(=C3SCCCS3)CCN12. The van der Waals surface area contributed by atoms with E-state index in [-0.39, 0.29) is 0 Å². The largest absolute Gasteiger partial charge is 0.336 e. The Kier molecular flexibility index (Phi) is 2.73. The molecular weight excluding hydrogens is 226 g/mol. The number of rotatable bonds is 0. The number of fused-ring (bicyclic) bond motifs is 1. The smallest absolute Gasteiger partial charge is 0.223 e. The van der Waals surface area contributed by atoms with Crippen LogP contribution < -0.4 is 0 Å². The van der Waals surface area contributed by atoms with Gasteiger partial charge in [-0.1, -0.05) is 0 Å². The third-order valence-electron chi connectivity index (χ3n) is 3.37. The van der Waals surface area contributed by atoms with Crippen LogP contribution in [0.15, 0.2) is 9.81 Å². The number of thioether (sulfide) groups is 2. The molecule has 0 aromatic carbocycles. The van der Waals surface area contributed by atoms with Gasteiger partial charge in [0.05, 0.1) is 6.04 Å². The van der Waals surface area contributed by atoms with Gasteiger partial charge in [-0.25, -0.2) is 0 Å². The Morgan fingerprint density at radius 3 is 2.80 bits per heavy atom. The third kappa shape index (κ3) is 1.72. The average molecular weight is 241 g/mol. The second-order valence-electron chi connectivity index (χ2n) is 4.25. The summed E-state index contributed by atoms with van der Waals surface area (Å²) >= 11 is 4.03. The lowest BCUT2D eigenvalue weighted by atomic mass is 10.1. The molecule has 0 aromatic rings. The fourth-order valence-electron chi connectivity index (χ4n) is 2.64. The highest BCUT2D eigenvalue weighted by Crippen LogP contribution is 2.44. The maximum atomic E-state index is 11.6. The molecule has 1 unspecified atom stereocenters. The van der Waals surface area contributed by atoms with Crippen molar-refractivity contribution in [2.24, 2.45) is 0 Å². The molecule has 3 heterocycles. The van der Waals surface area contributed by atoms with E-state index in [0.717, 1.165) is 25.8 Å². The van der Waals surface area contributed by atoms with Gasteiger partial charge in [-0.15, -0.1) is 23.5 Å². The van der Waals surface area contributed by atoms with Crippen molar-refractivity contribution in [3.63, 3.8) is 0 Å². The molecule has 0 aliphatic carbocycles. The molecule has 1 amide bonds. The first-order chi connectivity index (χ1) is 7.36. The van der Waals surface area contributed by atoms with Gasteiger partial charge in [0.15, 0.2) is 0 Å². The van der Waals surface area contributed by atoms with Crippen molar-refractivity contribution < 1.29 is 4.79 Å². The Hall–Kier alpha value is -0.0900. The molecular formula is C11H15NOS2. The minimum atomic E-state index is 0.376. The number of amides is 1. The second-order valence-corrected chi connectivity index (χ2v) is 6.72. The maximum absolute atomic E-state index is 11.6. The summed E-state index contributed by atoms with van der Waals surface area (Å²) in [6.45, 7) is 0.976. The van der Waals surface area contributed by atoms with Crippen LogP contribution in [0.3, 0.4) is 0 Å². The summed E-state index contributed by atoms with van der Waals surface area (Å²) in [5.74, 6) is 2.92. The zero-order valence-electron chi connectivity index (χ0n) is 8.70. The quantitative estimate of drug-likeness (QED) is 0.650. The lowest BCUT2D eigenvalue weighted by molar-refractivity contribution is -0.127. The molecule has 0 radical (unpaired) electrons. The molecule has 0 bridgehead atoms. The third-order valence-corrected chi connectivity index (χ3v) is 6.11. The normalized spacial score (nSPS) is 31.3. The van der Waals surface area contributed by atoms with Crippen LogP contribution >= 0.6 is 23.5 Å². The van der Waals surface area contributed by atoms with Crippen molar-refractivity contribution in [1.29, 1.82) is 0 Å². The molecule has 1 atom stereocenters. The van der Waals surface area contributed by atoms with Crippen LogP contribution in [0.1, 0.15) is 25.7 Å². The van der Waals surface area contributed by atoms with Gasteiger partial charge >= 0.3 is 0 Å². The first-order valence-corrected chi connectivity index (χ1v) is 7.61. The van der Waals surface area contributed by atoms with Crippen LogP contribution in [-0.2, 0) is 4.79 Å². The topological polar surface area (TPSA) is 20.3 Å². The van der Waals surface area contributed by atoms with Crippen LogP contribution in [0.5, 0.6) is 0 Å². The van der Waals surface area contributed by atoms with E-state index in [1.807, 2.05) is 23.5 Å². The lowest BCUT2D eigenvalue weighted by Gasteiger charge is -2.20. The summed E-state index contributed by atoms with van der Waals surface area (Å²) in [6, 6.07) is 0.477. The molecule has 15 heavy (non-hydrogen) atoms. The molecule has 3 rings (SSSR count). The van der Waals surface area contributed by atoms with E-state index in [0.29, 0.717) is 11.9 Å². The van der Waals surface area contributed by atoms with Crippen molar-refractivity contribution in [3.05, 3.63) is 9.81 Å². The Balaban J connectivity index is 1.85. The molecule has 4 heteroatoms. The highest BCUT2D eigenvalue weighted by Gasteiger charge is 2.39. The molecule has 0 aromatic heterocycles. The van der Waals surface area contributed by atoms with Crippen molar-refractivity contribution in [1.82, 2.24) is 4.90 Å². The first kappa shape index (κ1) is 10.1. The fourth-order valence-corrected chi connectivity index (χ4v) is 5.45. The molecule has 3 fully saturated rings. The van der Waals surface area contributed by atoms with Crippen molar-refractivity contribution in [2.75, 3.05) is 18.1 Å². The Morgan fingerprint density at radius 2 is 2.00 bits per heavy atom. The summed E-state index contributed by atoms with van der Waals surface area (Å²) in [6.07, 6.45) is 4.31. The number of carbonyl (C=O) groups excluding carboxylic acids is 1. The van der Waals surface area contributed by atoms with Gasteiger partial charge in [0.1, 0.15) is 0 Å². The summed E-state index contributed by atoms with van der Waals surface area (Å²) < 4.78 is 1.54. The predicted octanol–water partition coefficient (Wildman–Crippen LogP) is 2.46. The molecule has 2 nitrogen and oxygen atoms in total. The van der Waals surface area contributed by atoms with Gasteiger partial charge in [-0.3, -0.25) is 4.79 Å². The lowest BCUT2D eigenvalue weighted by Crippen LogP contribution is -2.27. The van der Waals surface area contributed by atoms with Crippen LogP contribution in [-0.4, -0.2) is 34.9 Å². The molecule has 0 saturated carbocycles. The molecule has 0 N–H and O–H groups in total. The minimum Gasteiger partial charge on any atom is -0.336 e. The molecule has 0 spiro atoms. The average Bonchev–Trinajstić information content (AvgIpc) is 2.83. The Labute approximate surface area is 98.8 Å². The van der Waals surface area contributed by atoms with Gasteiger partial charge in [0.2, 0.25) is 5.91 Å². The zero-order chi connectivity index (χ0) is 10.3. The van der Waals surface area contributed by atoms with E-state index in [9.17, 15) is 4.79 Å². The van der Waals surface area contributed by atoms with Crippen molar-refractivity contribution in [2.45, 2.75) is 31.7 Å². The van der Waals surface area contributed by atoms with E-state index in [4.69, 9.17) is 0 Å². The highest BCUT2D eigenvalue weighted by molar-refractivity contribution is 8.22. The van der Waals surface area contributed by atoms with Crippen LogP contribution in [0, 0.1) is 0 Å². The standard InChI is InChI=1S/C11H15NOS2/c13-10-3-2-9-8(4-5-12(9)10)11-14-6-1-7-15-11/h9H,1-7H2. The minimum absolute atomic E-state index is 0.376. The molecule has 82 valence electrons. The fraction of sp³-hybridized carbons (Fsp3) is 0.727. The van der Waals surface area contributed by atoms with Crippen molar-refractivity contribution in [3.8, 4) is 0 Å². The molecule has 3 aliphatic rings. The van der Waals surface area contributed by atoms with E-state index in [1.165, 1.54) is 17.9 Å². The first-order valence-electron chi connectivity index (χ1n) is 5.64. The van der Waals surface area contributed by atoms with Gasteiger partial charge in [0.25, 0.3) is 0 Å². The Bertz CT molecular complexity index is 319. The van der Waals surface area contributed by atoms with Crippen LogP contribution in [0.25, 0.3) is 0 Å². The summed E-state index contributed by atoms with van der Waals surface area (Å²) in [4.78, 5) is 13.7. The Morgan fingerprint density at radius 1 is 1.20 bits per heavy atom. The van der Waals surface area contributed by atoms with E-state index < -0.39 is 0 Å². The van der Waals surface area contributed by atoms with Crippen molar-refractivity contribution >= 4 is 29.4 Å². The predicted molar refractivity (Wildman–Crippen MR) is 65.9 cm³/mol. The number of hydrogen-bond acceptors (Lipinski definition) is 3. The summed E-state index contributed by atoms with van der Waals surface area (Å²) in [5, 5.41) is 0. The van der Waals surface area contributed by atoms with E-state index in [2.05, 4.69) is 4.90 Å². The van der Waals surface area contributed by atoms with Crippen LogP contribution in [0.4, 0.5) is 0 Å². The molecule has 3 saturated heterocycles. The summed E-state index contributed by atoms with van der Waals surface area (Å²) in [5.41, 5.74) is 1.58. The summed E-state index contributed by atoms with van der Waals surface area (Å²) in [7, 11) is 0. The van der Waals surface area contributed by atoms with Gasteiger partial charge in [-0.2, -0.15) is 0 Å². The van der Waals surface area contributed by atoms with E-state index >= 15 is 0 Å². The number of nitrogens with zero attached hydrogens (tertiary/aromatic N) is 1. The second kappa shape index (κ2) is 4.06. The van der Waals surface area contributed by atoms with E-state index in [1.54, 1.807) is 9.81 Å². The van der Waals surface area contributed by atoms with Gasteiger partial charge in [-0.05, 0) is 36.3 Å². The van der Waals surface area contributed by atoms with Gasteiger partial charge < -0.3 is 4.90 Å². The molecule has 3 aliphatic heterocycles. The highest BCUT2D eigenvalue weighted by atomic mass is 32.2. The monoisotopic (exact) mass is 241 g/mol. The number of carbonyl (C=O) groups is 1. The maximum Gasteiger partial charge on any atom is 0.223 e. The van der Waals surface area contributed by atoms with Gasteiger partial charge in [0, 0.05) is 17.2 Å². The number of hydrogen-bond donors (Lipinski definition) is 0.